The SMILES string of the molecule is CCOC(=O)C1CCN(C(=O)C(N)CCCCNC(=O)OC(C)(C)C)CC1. The lowest BCUT2D eigenvalue weighted by Gasteiger charge is -2.32. The van der Waals surface area contributed by atoms with Crippen LogP contribution >= 0.6 is 0 Å². The molecule has 1 fully saturated rings. The van der Waals surface area contributed by atoms with Crippen molar-refractivity contribution in [2.45, 2.75) is 71.4 Å². The van der Waals surface area contributed by atoms with E-state index >= 15 is 0 Å². The van der Waals surface area contributed by atoms with Crippen LogP contribution in [0.15, 0.2) is 0 Å². The van der Waals surface area contributed by atoms with Crippen molar-refractivity contribution in [1.29, 1.82) is 0 Å². The number of esters is 1. The van der Waals surface area contributed by atoms with Crippen LogP contribution in [0.2, 0.25) is 0 Å². The fourth-order valence-electron chi connectivity index (χ4n) is 2.95. The first-order chi connectivity index (χ1) is 12.6. The summed E-state index contributed by atoms with van der Waals surface area (Å²) >= 11 is 0. The van der Waals surface area contributed by atoms with Crippen LogP contribution in [0.3, 0.4) is 0 Å². The van der Waals surface area contributed by atoms with E-state index in [-0.39, 0.29) is 17.8 Å². The summed E-state index contributed by atoms with van der Waals surface area (Å²) in [6.45, 7) is 9.17. The Morgan fingerprint density at radius 1 is 1.19 bits per heavy atom. The number of likely N-dealkylation sites (tertiary alicyclic amines) is 1. The Morgan fingerprint density at radius 3 is 2.37 bits per heavy atom. The van der Waals surface area contributed by atoms with Gasteiger partial charge in [0, 0.05) is 19.6 Å². The molecule has 0 bridgehead atoms. The predicted molar refractivity (Wildman–Crippen MR) is 102 cm³/mol. The Labute approximate surface area is 162 Å². The maximum Gasteiger partial charge on any atom is 0.407 e. The molecule has 1 rings (SSSR count). The van der Waals surface area contributed by atoms with Crippen LogP contribution in [0.25, 0.3) is 0 Å². The molecule has 27 heavy (non-hydrogen) atoms. The molecule has 0 aromatic carbocycles. The molecule has 8 nitrogen and oxygen atoms in total. The smallest absolute Gasteiger partial charge is 0.407 e. The molecule has 1 saturated heterocycles. The fourth-order valence-corrected chi connectivity index (χ4v) is 2.95. The number of piperidine rings is 1. The van der Waals surface area contributed by atoms with Crippen molar-refractivity contribution in [2.75, 3.05) is 26.2 Å². The molecular weight excluding hydrogens is 350 g/mol. The second kappa shape index (κ2) is 11.1. The molecule has 156 valence electrons. The number of unbranched alkanes of at least 4 members (excludes halogenated alkanes) is 1. The maximum absolute atomic E-state index is 12.4. The summed E-state index contributed by atoms with van der Waals surface area (Å²) in [6.07, 6.45) is 2.83. The minimum absolute atomic E-state index is 0.0718. The molecule has 1 atom stereocenters. The van der Waals surface area contributed by atoms with Crippen molar-refractivity contribution in [3.05, 3.63) is 0 Å². The Morgan fingerprint density at radius 2 is 1.81 bits per heavy atom. The number of carbonyl (C=O) groups excluding carboxylic acids is 3. The molecule has 0 aliphatic carbocycles. The van der Waals surface area contributed by atoms with Gasteiger partial charge in [-0.15, -0.1) is 0 Å². The fraction of sp³-hybridized carbons (Fsp3) is 0.842. The molecule has 1 heterocycles. The van der Waals surface area contributed by atoms with Crippen LogP contribution in [0.4, 0.5) is 4.79 Å². The highest BCUT2D eigenvalue weighted by atomic mass is 16.6. The topological polar surface area (TPSA) is 111 Å². The number of ether oxygens (including phenoxy) is 2. The number of nitrogens with zero attached hydrogens (tertiary/aromatic N) is 1. The van der Waals surface area contributed by atoms with E-state index in [9.17, 15) is 14.4 Å². The lowest BCUT2D eigenvalue weighted by atomic mass is 9.96. The maximum atomic E-state index is 12.4. The monoisotopic (exact) mass is 385 g/mol. The van der Waals surface area contributed by atoms with E-state index in [0.29, 0.717) is 45.5 Å². The number of amides is 2. The van der Waals surface area contributed by atoms with E-state index in [2.05, 4.69) is 5.32 Å². The summed E-state index contributed by atoms with van der Waals surface area (Å²) in [5.41, 5.74) is 5.51. The minimum Gasteiger partial charge on any atom is -0.466 e. The molecule has 1 aliphatic heterocycles. The third-order valence-electron chi connectivity index (χ3n) is 4.35. The van der Waals surface area contributed by atoms with Crippen LogP contribution in [0, 0.1) is 5.92 Å². The van der Waals surface area contributed by atoms with Crippen molar-refractivity contribution in [2.24, 2.45) is 11.7 Å². The third kappa shape index (κ3) is 9.08. The van der Waals surface area contributed by atoms with Gasteiger partial charge in [0.15, 0.2) is 0 Å². The summed E-state index contributed by atoms with van der Waals surface area (Å²) in [5, 5.41) is 2.69. The van der Waals surface area contributed by atoms with Crippen molar-refractivity contribution in [3.8, 4) is 0 Å². The second-order valence-electron chi connectivity index (χ2n) is 7.88. The van der Waals surface area contributed by atoms with Crippen molar-refractivity contribution in [1.82, 2.24) is 10.2 Å². The second-order valence-corrected chi connectivity index (χ2v) is 7.88. The van der Waals surface area contributed by atoms with Gasteiger partial charge in [-0.2, -0.15) is 0 Å². The molecule has 3 N–H and O–H groups in total. The number of nitrogens with two attached hydrogens (primary N) is 1. The Bertz CT molecular complexity index is 496. The van der Waals surface area contributed by atoms with Crippen molar-refractivity contribution >= 4 is 18.0 Å². The molecule has 1 aliphatic rings. The third-order valence-corrected chi connectivity index (χ3v) is 4.35. The van der Waals surface area contributed by atoms with Crippen LogP contribution < -0.4 is 11.1 Å². The standard InChI is InChI=1S/C19H35N3O5/c1-5-26-17(24)14-9-12-22(13-10-14)16(23)15(20)8-6-7-11-21-18(25)27-19(2,3)4/h14-15H,5-13,20H2,1-4H3,(H,21,25). The Kier molecular flexibility index (Phi) is 9.55. The van der Waals surface area contributed by atoms with Gasteiger partial charge in [-0.05, 0) is 59.8 Å². The molecule has 0 radical (unpaired) electrons. The van der Waals surface area contributed by atoms with E-state index in [4.69, 9.17) is 15.2 Å². The van der Waals surface area contributed by atoms with Gasteiger partial charge < -0.3 is 25.4 Å². The minimum atomic E-state index is -0.550. The summed E-state index contributed by atoms with van der Waals surface area (Å²) in [7, 11) is 0. The van der Waals surface area contributed by atoms with E-state index in [1.54, 1.807) is 11.8 Å². The van der Waals surface area contributed by atoms with Crippen LogP contribution in [-0.4, -0.2) is 60.8 Å². The molecule has 8 heteroatoms. The lowest BCUT2D eigenvalue weighted by molar-refractivity contribution is -0.151. The average molecular weight is 386 g/mol. The summed E-state index contributed by atoms with van der Waals surface area (Å²) in [6, 6.07) is -0.550. The summed E-state index contributed by atoms with van der Waals surface area (Å²) < 4.78 is 10.2. The zero-order valence-corrected chi connectivity index (χ0v) is 17.1. The molecule has 0 spiro atoms. The number of alkyl carbamates (subject to hydrolysis) is 1. The molecule has 1 unspecified atom stereocenters. The van der Waals surface area contributed by atoms with Gasteiger partial charge in [0.25, 0.3) is 0 Å². The highest BCUT2D eigenvalue weighted by Crippen LogP contribution is 2.19. The first-order valence-electron chi connectivity index (χ1n) is 9.82. The lowest BCUT2D eigenvalue weighted by Crippen LogP contribution is -2.48. The molecule has 0 aromatic heterocycles. The Balaban J connectivity index is 2.20. The van der Waals surface area contributed by atoms with E-state index in [0.717, 1.165) is 12.8 Å². The van der Waals surface area contributed by atoms with Crippen LogP contribution in [0.1, 0.15) is 59.8 Å². The quantitative estimate of drug-likeness (QED) is 0.487. The van der Waals surface area contributed by atoms with Gasteiger partial charge in [0.05, 0.1) is 18.6 Å². The van der Waals surface area contributed by atoms with Gasteiger partial charge >= 0.3 is 12.1 Å². The first kappa shape index (κ1) is 23.2. The number of carbonyl (C=O) groups is 3. The highest BCUT2D eigenvalue weighted by molar-refractivity contribution is 5.82. The van der Waals surface area contributed by atoms with Crippen molar-refractivity contribution in [3.63, 3.8) is 0 Å². The van der Waals surface area contributed by atoms with Gasteiger partial charge in [0.1, 0.15) is 5.60 Å². The molecule has 0 aromatic rings. The van der Waals surface area contributed by atoms with Gasteiger partial charge in [-0.25, -0.2) is 4.79 Å². The predicted octanol–water partition coefficient (Wildman–Crippen LogP) is 1.81. The largest absolute Gasteiger partial charge is 0.466 e. The van der Waals surface area contributed by atoms with E-state index in [1.165, 1.54) is 0 Å². The van der Waals surface area contributed by atoms with E-state index in [1.807, 2.05) is 20.8 Å². The van der Waals surface area contributed by atoms with Gasteiger partial charge in [-0.1, -0.05) is 0 Å². The average Bonchev–Trinajstić information content (AvgIpc) is 2.59. The van der Waals surface area contributed by atoms with Gasteiger partial charge in [-0.3, -0.25) is 9.59 Å². The number of hydrogen-bond acceptors (Lipinski definition) is 6. The number of rotatable bonds is 8. The van der Waals surface area contributed by atoms with E-state index < -0.39 is 17.7 Å². The van der Waals surface area contributed by atoms with Crippen LogP contribution in [0.5, 0.6) is 0 Å². The zero-order valence-electron chi connectivity index (χ0n) is 17.1. The summed E-state index contributed by atoms with van der Waals surface area (Å²) in [4.78, 5) is 37.4. The summed E-state index contributed by atoms with van der Waals surface area (Å²) in [5.74, 6) is -0.368. The van der Waals surface area contributed by atoms with Crippen LogP contribution in [-0.2, 0) is 19.1 Å². The highest BCUT2D eigenvalue weighted by Gasteiger charge is 2.30. The molecule has 2 amide bonds. The zero-order chi connectivity index (χ0) is 20.4. The normalized spacial score (nSPS) is 16.6. The van der Waals surface area contributed by atoms with Gasteiger partial charge in [0.2, 0.25) is 5.91 Å². The number of nitrogens with one attached hydrogen (secondary N) is 1. The molecular formula is C19H35N3O5. The van der Waals surface area contributed by atoms with Crippen molar-refractivity contribution < 1.29 is 23.9 Å². The molecule has 0 saturated carbocycles. The number of hydrogen-bond donors (Lipinski definition) is 2. The first-order valence-corrected chi connectivity index (χ1v) is 9.82. The Hall–Kier alpha value is -1.83.